The van der Waals surface area contributed by atoms with Crippen molar-refractivity contribution in [2.75, 3.05) is 19.3 Å². The highest BCUT2D eigenvalue weighted by atomic mass is 16.3. The van der Waals surface area contributed by atoms with E-state index in [1.807, 2.05) is 0 Å². The molecule has 5 N–H and O–H groups in total. The Morgan fingerprint density at radius 2 is 2.12 bits per heavy atom. The Kier molecular flexibility index (Phi) is 4.36. The van der Waals surface area contributed by atoms with Gasteiger partial charge in [0, 0.05) is 36.8 Å². The third-order valence-corrected chi connectivity index (χ3v) is 4.18. The Morgan fingerprint density at radius 3 is 2.77 bits per heavy atom. The molecule has 2 aromatic rings. The highest BCUT2D eigenvalue weighted by Crippen LogP contribution is 2.23. The number of benzene rings is 1. The first-order chi connectivity index (χ1) is 12.3. The van der Waals surface area contributed by atoms with Crippen molar-refractivity contribution in [3.05, 3.63) is 47.7 Å². The Bertz CT molecular complexity index is 961. The molecule has 3 rings (SSSR count). The highest BCUT2D eigenvalue weighted by Gasteiger charge is 2.42. The van der Waals surface area contributed by atoms with E-state index < -0.39 is 17.4 Å². The number of amides is 2. The number of carbonyl (C=O) groups is 2. The average Bonchev–Trinajstić information content (AvgIpc) is 2.88. The van der Waals surface area contributed by atoms with Gasteiger partial charge < -0.3 is 21.5 Å². The summed E-state index contributed by atoms with van der Waals surface area (Å²) in [6.45, 7) is 0.465. The van der Waals surface area contributed by atoms with Gasteiger partial charge in [-0.3, -0.25) is 9.59 Å². The van der Waals surface area contributed by atoms with Crippen LogP contribution in [0.4, 0.5) is 5.69 Å². The minimum absolute atomic E-state index is 0.0744. The summed E-state index contributed by atoms with van der Waals surface area (Å²) in [7, 11) is 1.63. The highest BCUT2D eigenvalue weighted by molar-refractivity contribution is 5.92. The number of rotatable bonds is 2. The second kappa shape index (κ2) is 6.50. The molecular weight excluding hydrogens is 332 g/mol. The zero-order valence-corrected chi connectivity index (χ0v) is 14.2. The molecule has 132 valence electrons. The molecule has 1 aliphatic rings. The number of aliphatic hydroxyl groups is 1. The number of likely N-dealkylation sites (tertiary alicyclic amines) is 1. The smallest absolute Gasteiger partial charge is 0.267 e. The Morgan fingerprint density at radius 1 is 1.35 bits per heavy atom. The van der Waals surface area contributed by atoms with E-state index in [0.29, 0.717) is 29.1 Å². The van der Waals surface area contributed by atoms with Gasteiger partial charge in [-0.15, -0.1) is 0 Å². The summed E-state index contributed by atoms with van der Waals surface area (Å²) < 4.78 is 0. The molecule has 7 heteroatoms. The lowest BCUT2D eigenvalue weighted by Gasteiger charge is -2.13. The van der Waals surface area contributed by atoms with Crippen molar-refractivity contribution in [3.8, 4) is 23.1 Å². The average molecular weight is 350 g/mol. The summed E-state index contributed by atoms with van der Waals surface area (Å²) in [6, 6.07) is 10.1. The molecule has 0 spiro atoms. The lowest BCUT2D eigenvalue weighted by atomic mass is 10.0. The minimum atomic E-state index is -1.65. The summed E-state index contributed by atoms with van der Waals surface area (Å²) in [4.78, 5) is 29.0. The van der Waals surface area contributed by atoms with Gasteiger partial charge in [0.15, 0.2) is 0 Å². The van der Waals surface area contributed by atoms with Crippen molar-refractivity contribution >= 4 is 17.5 Å². The van der Waals surface area contributed by atoms with Gasteiger partial charge in [0.05, 0.1) is 5.69 Å². The molecule has 1 fully saturated rings. The summed E-state index contributed by atoms with van der Waals surface area (Å²) >= 11 is 0. The quantitative estimate of drug-likeness (QED) is 0.676. The molecule has 1 atom stereocenters. The van der Waals surface area contributed by atoms with E-state index in [0.717, 1.165) is 0 Å². The van der Waals surface area contributed by atoms with Crippen molar-refractivity contribution in [3.63, 3.8) is 0 Å². The molecule has 0 unspecified atom stereocenters. The van der Waals surface area contributed by atoms with Crippen LogP contribution in [0.15, 0.2) is 36.4 Å². The third kappa shape index (κ3) is 3.36. The zero-order chi connectivity index (χ0) is 18.9. The second-order valence-electron chi connectivity index (χ2n) is 6.20. The number of pyridine rings is 1. The second-order valence-corrected chi connectivity index (χ2v) is 6.20. The van der Waals surface area contributed by atoms with Gasteiger partial charge in [0.1, 0.15) is 5.69 Å². The lowest BCUT2D eigenvalue weighted by molar-refractivity contribution is -0.137. The van der Waals surface area contributed by atoms with Crippen molar-refractivity contribution in [1.29, 1.82) is 0 Å². The number of nitrogens with zero attached hydrogens (tertiary/aromatic N) is 2. The first-order valence-electron chi connectivity index (χ1n) is 7.97. The van der Waals surface area contributed by atoms with E-state index in [-0.39, 0.29) is 12.1 Å². The van der Waals surface area contributed by atoms with E-state index in [1.165, 1.54) is 11.0 Å². The Hall–Kier alpha value is -3.37. The first kappa shape index (κ1) is 17.5. The van der Waals surface area contributed by atoms with Gasteiger partial charge in [-0.05, 0) is 24.3 Å². The molecule has 0 bridgehead atoms. The number of hydrogen-bond acceptors (Lipinski definition) is 5. The molecule has 2 amide bonds. The topological polar surface area (TPSA) is 123 Å². The molecule has 0 radical (unpaired) electrons. The molecule has 1 aliphatic heterocycles. The monoisotopic (exact) mass is 350 g/mol. The van der Waals surface area contributed by atoms with Crippen molar-refractivity contribution in [2.45, 2.75) is 12.0 Å². The van der Waals surface area contributed by atoms with Crippen LogP contribution in [0.5, 0.6) is 0 Å². The molecule has 1 aromatic carbocycles. The number of carbonyl (C=O) groups excluding carboxylic acids is 2. The van der Waals surface area contributed by atoms with Crippen LogP contribution >= 0.6 is 0 Å². The molecule has 0 aliphatic carbocycles. The predicted molar refractivity (Wildman–Crippen MR) is 96.7 cm³/mol. The van der Waals surface area contributed by atoms with Crippen LogP contribution < -0.4 is 11.5 Å². The van der Waals surface area contributed by atoms with Gasteiger partial charge in [0.2, 0.25) is 5.60 Å². The van der Waals surface area contributed by atoms with Crippen molar-refractivity contribution in [1.82, 2.24) is 9.88 Å². The fourth-order valence-corrected chi connectivity index (χ4v) is 2.73. The summed E-state index contributed by atoms with van der Waals surface area (Å²) in [5.41, 5.74) is 11.6. The number of nitrogen functional groups attached to an aromatic ring is 1. The van der Waals surface area contributed by atoms with Gasteiger partial charge in [0.25, 0.3) is 11.8 Å². The van der Waals surface area contributed by atoms with Crippen LogP contribution in [-0.2, 0) is 4.79 Å². The SMILES string of the molecule is CN1CC[C@@](O)(C#Cc2cccc(-c3cc(N)cc(C(N)=O)n3)c2)C1=O. The molecule has 7 nitrogen and oxygen atoms in total. The number of likely N-dealkylation sites (N-methyl/N-ethyl adjacent to an activating group) is 1. The van der Waals surface area contributed by atoms with E-state index in [9.17, 15) is 14.7 Å². The van der Waals surface area contributed by atoms with E-state index in [2.05, 4.69) is 16.8 Å². The Balaban J connectivity index is 1.95. The zero-order valence-electron chi connectivity index (χ0n) is 14.2. The fourth-order valence-electron chi connectivity index (χ4n) is 2.73. The van der Waals surface area contributed by atoms with E-state index in [1.54, 1.807) is 37.4 Å². The van der Waals surface area contributed by atoms with Crippen LogP contribution in [0.3, 0.4) is 0 Å². The molecule has 2 heterocycles. The van der Waals surface area contributed by atoms with Crippen molar-refractivity contribution in [2.24, 2.45) is 5.73 Å². The lowest BCUT2D eigenvalue weighted by Crippen LogP contribution is -2.37. The number of primary amides is 1. The van der Waals surface area contributed by atoms with Crippen LogP contribution in [0.1, 0.15) is 22.5 Å². The standard InChI is InChI=1S/C19H18N4O3/c1-23-8-7-19(26,18(23)25)6-5-12-3-2-4-13(9-12)15-10-14(20)11-16(22-15)17(21)24/h2-4,9-11,26H,7-8H2,1H3,(H2,20,22)(H2,21,24)/t19-/m0/s1. The maximum atomic E-state index is 12.0. The van der Waals surface area contributed by atoms with Crippen LogP contribution in [0.25, 0.3) is 11.3 Å². The van der Waals surface area contributed by atoms with Gasteiger partial charge in [-0.25, -0.2) is 4.98 Å². The molecule has 1 aromatic heterocycles. The van der Waals surface area contributed by atoms with E-state index in [4.69, 9.17) is 11.5 Å². The molecule has 1 saturated heterocycles. The van der Waals surface area contributed by atoms with Gasteiger partial charge in [-0.2, -0.15) is 0 Å². The third-order valence-electron chi connectivity index (χ3n) is 4.18. The maximum Gasteiger partial charge on any atom is 0.267 e. The largest absolute Gasteiger partial charge is 0.399 e. The number of aromatic nitrogens is 1. The fraction of sp³-hybridized carbons (Fsp3) is 0.211. The minimum Gasteiger partial charge on any atom is -0.399 e. The molecule has 26 heavy (non-hydrogen) atoms. The van der Waals surface area contributed by atoms with Crippen LogP contribution in [0, 0.1) is 11.8 Å². The van der Waals surface area contributed by atoms with Crippen LogP contribution in [-0.4, -0.2) is 46.0 Å². The summed E-state index contributed by atoms with van der Waals surface area (Å²) in [6.07, 6.45) is 0.272. The predicted octanol–water partition coefficient (Wildman–Crippen LogP) is 0.374. The summed E-state index contributed by atoms with van der Waals surface area (Å²) in [5, 5.41) is 10.4. The number of hydrogen-bond donors (Lipinski definition) is 3. The number of nitrogens with two attached hydrogens (primary N) is 2. The van der Waals surface area contributed by atoms with Gasteiger partial charge in [-0.1, -0.05) is 24.0 Å². The van der Waals surface area contributed by atoms with Crippen molar-refractivity contribution < 1.29 is 14.7 Å². The van der Waals surface area contributed by atoms with Gasteiger partial charge >= 0.3 is 0 Å². The van der Waals surface area contributed by atoms with Crippen LogP contribution in [0.2, 0.25) is 0 Å². The normalized spacial score (nSPS) is 19.2. The maximum absolute atomic E-state index is 12.0. The first-order valence-corrected chi connectivity index (χ1v) is 7.97. The molecule has 0 saturated carbocycles. The number of anilines is 1. The Labute approximate surface area is 150 Å². The summed E-state index contributed by atoms with van der Waals surface area (Å²) in [5.74, 6) is 4.45. The molecular formula is C19H18N4O3. The van der Waals surface area contributed by atoms with E-state index >= 15 is 0 Å².